The Balaban J connectivity index is 1.72. The van der Waals surface area contributed by atoms with Gasteiger partial charge in [0.2, 0.25) is 0 Å². The normalized spacial score (nSPS) is 10.3. The molecule has 0 aliphatic heterocycles. The first-order valence-electron chi connectivity index (χ1n) is 7.29. The van der Waals surface area contributed by atoms with Crippen molar-refractivity contribution in [3.05, 3.63) is 71.0 Å². The van der Waals surface area contributed by atoms with Gasteiger partial charge in [-0.2, -0.15) is 0 Å². The summed E-state index contributed by atoms with van der Waals surface area (Å²) in [5.41, 5.74) is 12.3. The highest BCUT2D eigenvalue weighted by molar-refractivity contribution is 9.10. The van der Waals surface area contributed by atoms with E-state index in [-0.39, 0.29) is 5.91 Å². The van der Waals surface area contributed by atoms with Crippen LogP contribution in [0.5, 0.6) is 0 Å². The number of nitrogens with zero attached hydrogens (tertiary/aromatic N) is 2. The van der Waals surface area contributed by atoms with Crippen LogP contribution in [-0.4, -0.2) is 15.9 Å². The molecule has 1 amide bonds. The van der Waals surface area contributed by atoms with Crippen molar-refractivity contribution in [3.63, 3.8) is 0 Å². The van der Waals surface area contributed by atoms with E-state index in [9.17, 15) is 4.79 Å². The number of carbonyl (C=O) groups is 1. The lowest BCUT2D eigenvalue weighted by Crippen LogP contribution is -2.30. The topological polar surface area (TPSA) is 92.9 Å². The van der Waals surface area contributed by atoms with Crippen molar-refractivity contribution >= 4 is 45.1 Å². The van der Waals surface area contributed by atoms with Crippen LogP contribution >= 0.6 is 27.7 Å². The molecule has 0 aliphatic carbocycles. The van der Waals surface area contributed by atoms with Gasteiger partial charge in [0.05, 0.1) is 5.56 Å². The molecule has 4 N–H and O–H groups in total. The maximum Gasteiger partial charge on any atom is 0.270 e. The van der Waals surface area contributed by atoms with Crippen molar-refractivity contribution < 1.29 is 4.79 Å². The minimum atomic E-state index is -0.303. The zero-order chi connectivity index (χ0) is 17.6. The van der Waals surface area contributed by atoms with Crippen LogP contribution in [0, 0.1) is 0 Å². The summed E-state index contributed by atoms with van der Waals surface area (Å²) in [6.45, 7) is 0. The van der Waals surface area contributed by atoms with Crippen molar-refractivity contribution in [1.29, 1.82) is 0 Å². The Kier molecular flexibility index (Phi) is 5.52. The molecule has 0 unspecified atom stereocenters. The fourth-order valence-electron chi connectivity index (χ4n) is 1.99. The second-order valence-corrected chi connectivity index (χ2v) is 6.83. The van der Waals surface area contributed by atoms with Gasteiger partial charge >= 0.3 is 0 Å². The molecule has 0 spiro atoms. The number of rotatable bonds is 5. The highest BCUT2D eigenvalue weighted by Crippen LogP contribution is 2.32. The van der Waals surface area contributed by atoms with Gasteiger partial charge in [-0.25, -0.2) is 9.97 Å². The van der Waals surface area contributed by atoms with Gasteiger partial charge in [0.25, 0.3) is 5.91 Å². The van der Waals surface area contributed by atoms with E-state index in [2.05, 4.69) is 36.7 Å². The fourth-order valence-corrected chi connectivity index (χ4v) is 3.28. The molecule has 3 aromatic rings. The molecule has 25 heavy (non-hydrogen) atoms. The Bertz CT molecular complexity index is 891. The molecule has 0 fully saturated rings. The van der Waals surface area contributed by atoms with Crippen LogP contribution in [0.2, 0.25) is 0 Å². The molecule has 6 nitrogen and oxygen atoms in total. The summed E-state index contributed by atoms with van der Waals surface area (Å²) in [6, 6.07) is 16.9. The summed E-state index contributed by atoms with van der Waals surface area (Å²) in [7, 11) is 0. The van der Waals surface area contributed by atoms with Crippen LogP contribution in [0.4, 0.5) is 11.5 Å². The number of halogens is 1. The van der Waals surface area contributed by atoms with Crippen molar-refractivity contribution in [2.24, 2.45) is 0 Å². The summed E-state index contributed by atoms with van der Waals surface area (Å²) in [5.74, 6) is 0.0385. The van der Waals surface area contributed by atoms with Gasteiger partial charge < -0.3 is 5.73 Å². The Morgan fingerprint density at radius 2 is 1.76 bits per heavy atom. The van der Waals surface area contributed by atoms with E-state index in [0.717, 1.165) is 4.90 Å². The third-order valence-corrected chi connectivity index (χ3v) is 4.94. The minimum absolute atomic E-state index is 0.303. The second-order valence-electron chi connectivity index (χ2n) is 4.92. The molecule has 2 aromatic carbocycles. The molecule has 0 saturated heterocycles. The van der Waals surface area contributed by atoms with Crippen LogP contribution in [0.25, 0.3) is 0 Å². The van der Waals surface area contributed by atoms with Gasteiger partial charge in [-0.3, -0.25) is 15.6 Å². The van der Waals surface area contributed by atoms with Gasteiger partial charge in [-0.15, -0.1) is 0 Å². The predicted octanol–water partition coefficient (Wildman–Crippen LogP) is 3.73. The molecular formula is C17H14BrN5OS. The molecule has 8 heteroatoms. The monoisotopic (exact) mass is 415 g/mol. The molecule has 0 aliphatic rings. The molecule has 0 atom stereocenters. The number of benzene rings is 2. The van der Waals surface area contributed by atoms with Crippen LogP contribution in [0.1, 0.15) is 10.4 Å². The van der Waals surface area contributed by atoms with Crippen LogP contribution in [0.15, 0.2) is 75.3 Å². The fraction of sp³-hybridized carbons (Fsp3) is 0. The summed E-state index contributed by atoms with van der Waals surface area (Å²) >= 11 is 4.77. The number of carbonyl (C=O) groups excluding carboxylic acids is 1. The minimum Gasteiger partial charge on any atom is -0.393 e. The van der Waals surface area contributed by atoms with E-state index in [1.54, 1.807) is 18.2 Å². The summed E-state index contributed by atoms with van der Waals surface area (Å²) in [5, 5.41) is 0.610. The molecule has 0 bridgehead atoms. The zero-order valence-electron chi connectivity index (χ0n) is 12.9. The average molecular weight is 416 g/mol. The third kappa shape index (κ3) is 4.28. The molecular weight excluding hydrogens is 402 g/mol. The number of nitrogens with one attached hydrogen (secondary N) is 2. The molecule has 1 aromatic heterocycles. The Labute approximate surface area is 157 Å². The quantitative estimate of drug-likeness (QED) is 0.434. The average Bonchev–Trinajstić information content (AvgIpc) is 2.63. The van der Waals surface area contributed by atoms with Crippen molar-refractivity contribution in [2.75, 3.05) is 11.2 Å². The van der Waals surface area contributed by atoms with Gasteiger partial charge in [0.1, 0.15) is 17.0 Å². The summed E-state index contributed by atoms with van der Waals surface area (Å²) in [4.78, 5) is 21.5. The smallest absolute Gasteiger partial charge is 0.270 e. The summed E-state index contributed by atoms with van der Waals surface area (Å²) < 4.78 is 0.699. The van der Waals surface area contributed by atoms with Crippen LogP contribution < -0.4 is 16.6 Å². The Morgan fingerprint density at radius 1 is 1.04 bits per heavy atom. The molecule has 3 rings (SSSR count). The zero-order valence-corrected chi connectivity index (χ0v) is 15.3. The van der Waals surface area contributed by atoms with Crippen LogP contribution in [0.3, 0.4) is 0 Å². The first-order chi connectivity index (χ1) is 12.1. The molecule has 0 saturated carbocycles. The number of aromatic nitrogens is 2. The van der Waals surface area contributed by atoms with Crippen molar-refractivity contribution in [3.8, 4) is 0 Å². The van der Waals surface area contributed by atoms with Gasteiger partial charge in [-0.05, 0) is 40.2 Å². The number of amides is 1. The highest BCUT2D eigenvalue weighted by atomic mass is 79.9. The lowest BCUT2D eigenvalue weighted by atomic mass is 10.2. The summed E-state index contributed by atoms with van der Waals surface area (Å²) in [6.07, 6.45) is 1.40. The SMILES string of the molecule is Nc1c(NNC(=O)c2ccccc2Br)ncnc1Sc1ccccc1. The molecule has 0 radical (unpaired) electrons. The maximum absolute atomic E-state index is 12.2. The van der Waals surface area contributed by atoms with Crippen molar-refractivity contribution in [1.82, 2.24) is 15.4 Å². The lowest BCUT2D eigenvalue weighted by Gasteiger charge is -2.12. The van der Waals surface area contributed by atoms with E-state index in [4.69, 9.17) is 5.73 Å². The lowest BCUT2D eigenvalue weighted by molar-refractivity contribution is 0.0961. The molecule has 1 heterocycles. The maximum atomic E-state index is 12.2. The number of hydrogen-bond donors (Lipinski definition) is 3. The Hall–Kier alpha value is -2.58. The van der Waals surface area contributed by atoms with E-state index in [1.807, 2.05) is 36.4 Å². The number of nitrogens with two attached hydrogens (primary N) is 1. The Morgan fingerprint density at radius 3 is 2.52 bits per heavy atom. The third-order valence-electron chi connectivity index (χ3n) is 3.22. The second kappa shape index (κ2) is 8.00. The van der Waals surface area contributed by atoms with Gasteiger partial charge in [0, 0.05) is 9.37 Å². The predicted molar refractivity (Wildman–Crippen MR) is 102 cm³/mol. The number of anilines is 2. The van der Waals surface area contributed by atoms with E-state index in [0.29, 0.717) is 26.6 Å². The van der Waals surface area contributed by atoms with Crippen molar-refractivity contribution in [2.45, 2.75) is 9.92 Å². The highest BCUT2D eigenvalue weighted by Gasteiger charge is 2.12. The first-order valence-corrected chi connectivity index (χ1v) is 8.90. The van der Waals surface area contributed by atoms with Gasteiger partial charge in [0.15, 0.2) is 5.82 Å². The van der Waals surface area contributed by atoms with E-state index < -0.39 is 0 Å². The number of nitrogen functional groups attached to an aromatic ring is 1. The van der Waals surface area contributed by atoms with E-state index in [1.165, 1.54) is 18.1 Å². The number of hydrogen-bond acceptors (Lipinski definition) is 6. The van der Waals surface area contributed by atoms with Crippen LogP contribution in [-0.2, 0) is 0 Å². The largest absolute Gasteiger partial charge is 0.393 e. The van der Waals surface area contributed by atoms with E-state index >= 15 is 0 Å². The molecule has 126 valence electrons. The first kappa shape index (κ1) is 17.2. The standard InChI is InChI=1S/C17H14BrN5OS/c18-13-9-5-4-8-12(13)16(24)23-22-15-14(19)17(21-10-20-15)25-11-6-2-1-3-7-11/h1-10H,19H2,(H,23,24)(H,20,21,22). The number of hydrazine groups is 1. The van der Waals surface area contributed by atoms with Gasteiger partial charge in [-0.1, -0.05) is 42.1 Å².